The van der Waals surface area contributed by atoms with Crippen LogP contribution < -0.4 is 11.2 Å². The van der Waals surface area contributed by atoms with Crippen LogP contribution in [0, 0.1) is 0 Å². The Bertz CT molecular complexity index is 1400. The maximum atomic E-state index is 13.0. The zero-order valence-corrected chi connectivity index (χ0v) is 24.5. The minimum atomic E-state index is -0.667. The van der Waals surface area contributed by atoms with E-state index in [1.165, 1.54) is 4.68 Å². The third-order valence-corrected chi connectivity index (χ3v) is 6.71. The normalized spacial score (nSPS) is 15.4. The summed E-state index contributed by atoms with van der Waals surface area (Å²) in [6, 6.07) is 9.59. The van der Waals surface area contributed by atoms with Gasteiger partial charge in [0.2, 0.25) is 0 Å². The predicted molar refractivity (Wildman–Crippen MR) is 153 cm³/mol. The Hall–Kier alpha value is -3.93. The van der Waals surface area contributed by atoms with Gasteiger partial charge in [0.1, 0.15) is 17.1 Å². The van der Waals surface area contributed by atoms with Crippen molar-refractivity contribution in [2.45, 2.75) is 58.6 Å². The summed E-state index contributed by atoms with van der Waals surface area (Å²) in [5.74, 6) is 6.24. The fourth-order valence-electron chi connectivity index (χ4n) is 4.46. The molecule has 3 aromatic rings. The maximum Gasteiger partial charge on any atom is 0.410 e. The number of ether oxygens (including phenoxy) is 2. The monoisotopic (exact) mass is 612 g/mol. The molecule has 0 saturated carbocycles. The molecule has 1 saturated heterocycles. The molecule has 2 aromatic heterocycles. The van der Waals surface area contributed by atoms with Crippen molar-refractivity contribution in [3.63, 3.8) is 0 Å². The lowest BCUT2D eigenvalue weighted by atomic mass is 10.0. The highest BCUT2D eigenvalue weighted by molar-refractivity contribution is 9.10. The van der Waals surface area contributed by atoms with Gasteiger partial charge in [-0.05, 0) is 71.2 Å². The molecule has 2 amide bonds. The minimum absolute atomic E-state index is 0.0575. The number of hydrogen-bond acceptors (Lipinski definition) is 8. The quantitative estimate of drug-likeness (QED) is 0.281. The number of pyridine rings is 1. The molecule has 0 bridgehead atoms. The van der Waals surface area contributed by atoms with Gasteiger partial charge in [0.15, 0.2) is 11.5 Å². The first kappa shape index (κ1) is 29.1. The van der Waals surface area contributed by atoms with Crippen LogP contribution in [0.5, 0.6) is 0 Å². The molecule has 40 heavy (non-hydrogen) atoms. The molecule has 1 aromatic carbocycles. The van der Waals surface area contributed by atoms with E-state index >= 15 is 0 Å². The predicted octanol–water partition coefficient (Wildman–Crippen LogP) is 5.31. The van der Waals surface area contributed by atoms with E-state index in [1.807, 2.05) is 20.8 Å². The topological polar surface area (TPSA) is 142 Å². The number of anilines is 1. The van der Waals surface area contributed by atoms with Crippen molar-refractivity contribution in [1.82, 2.24) is 19.5 Å². The van der Waals surface area contributed by atoms with E-state index in [2.05, 4.69) is 26.2 Å². The summed E-state index contributed by atoms with van der Waals surface area (Å²) >= 11 is 3.36. The number of likely N-dealkylation sites (tertiary alicyclic amines) is 1. The largest absolute Gasteiger partial charge is 0.461 e. The Kier molecular flexibility index (Phi) is 8.77. The van der Waals surface area contributed by atoms with Gasteiger partial charge >= 0.3 is 12.1 Å². The van der Waals surface area contributed by atoms with Crippen LogP contribution in [0.2, 0.25) is 0 Å². The molecule has 1 aliphatic rings. The summed E-state index contributed by atoms with van der Waals surface area (Å²) in [5, 5.41) is 2.75. The summed E-state index contributed by atoms with van der Waals surface area (Å²) in [6.45, 7) is 7.76. The third-order valence-electron chi connectivity index (χ3n) is 6.22. The Morgan fingerprint density at radius 2 is 1.88 bits per heavy atom. The summed E-state index contributed by atoms with van der Waals surface area (Å²) in [6.07, 6.45) is 3.40. The van der Waals surface area contributed by atoms with Gasteiger partial charge < -0.3 is 20.6 Å². The molecular weight excluding hydrogens is 580 g/mol. The second-order valence-electron chi connectivity index (χ2n) is 10.3. The summed E-state index contributed by atoms with van der Waals surface area (Å²) in [7, 11) is 0. The second kappa shape index (κ2) is 12.1. The van der Waals surface area contributed by atoms with Crippen LogP contribution in [0.1, 0.15) is 79.7 Å². The van der Waals surface area contributed by atoms with Crippen molar-refractivity contribution in [1.29, 1.82) is 0 Å². The number of halogens is 1. The molecule has 0 spiro atoms. The zero-order chi connectivity index (χ0) is 29.0. The number of nitrogens with two attached hydrogens (primary N) is 1. The molecule has 0 aliphatic carbocycles. The van der Waals surface area contributed by atoms with E-state index in [9.17, 15) is 14.4 Å². The number of nitrogens with one attached hydrogen (secondary N) is 1. The van der Waals surface area contributed by atoms with Gasteiger partial charge in [-0.1, -0.05) is 28.1 Å². The van der Waals surface area contributed by atoms with Crippen LogP contribution in [-0.4, -0.2) is 56.3 Å². The van der Waals surface area contributed by atoms with E-state index in [-0.39, 0.29) is 18.2 Å². The van der Waals surface area contributed by atoms with Gasteiger partial charge in [-0.25, -0.2) is 24.2 Å². The standard InChI is InChI=1S/C28H33BrN6O5/c1-5-39-26(37)23-22(17-9-11-18(12-10-17)25(36)32-21-16-19(29)13-14-31-21)33-24(35(23)30)20-8-6-7-15-34(20)27(38)40-28(2,3)4/h9-14,16,20H,5-8,15,30H2,1-4H3,(H,31,32,36). The Balaban J connectivity index is 1.68. The lowest BCUT2D eigenvalue weighted by Gasteiger charge is -2.36. The second-order valence-corrected chi connectivity index (χ2v) is 11.2. The first-order valence-electron chi connectivity index (χ1n) is 13.1. The van der Waals surface area contributed by atoms with Crippen molar-refractivity contribution < 1.29 is 23.9 Å². The number of nitrogens with zero attached hydrogens (tertiary/aromatic N) is 4. The number of benzene rings is 1. The number of amides is 2. The van der Waals surface area contributed by atoms with Crippen LogP contribution in [-0.2, 0) is 9.47 Å². The Labute approximate surface area is 241 Å². The molecule has 212 valence electrons. The fourth-order valence-corrected chi connectivity index (χ4v) is 4.80. The number of carbonyl (C=O) groups is 3. The molecule has 3 N–H and O–H groups in total. The van der Waals surface area contributed by atoms with Gasteiger partial charge in [0, 0.05) is 28.3 Å². The Morgan fingerprint density at radius 1 is 1.15 bits per heavy atom. The zero-order valence-electron chi connectivity index (χ0n) is 22.9. The summed E-state index contributed by atoms with van der Waals surface area (Å²) in [4.78, 5) is 49.3. The van der Waals surface area contributed by atoms with E-state index in [1.54, 1.807) is 54.4 Å². The van der Waals surface area contributed by atoms with Gasteiger partial charge in [0.05, 0.1) is 12.6 Å². The lowest BCUT2D eigenvalue weighted by molar-refractivity contribution is 0.00820. The highest BCUT2D eigenvalue weighted by Gasteiger charge is 2.36. The molecule has 0 radical (unpaired) electrons. The van der Waals surface area contributed by atoms with Crippen molar-refractivity contribution >= 4 is 39.7 Å². The van der Waals surface area contributed by atoms with Crippen LogP contribution in [0.25, 0.3) is 11.3 Å². The first-order valence-corrected chi connectivity index (χ1v) is 13.9. The van der Waals surface area contributed by atoms with Crippen LogP contribution in [0.4, 0.5) is 10.6 Å². The van der Waals surface area contributed by atoms with Gasteiger partial charge in [-0.2, -0.15) is 0 Å². The first-order chi connectivity index (χ1) is 19.0. The van der Waals surface area contributed by atoms with Crippen LogP contribution in [0.3, 0.4) is 0 Å². The number of aromatic nitrogens is 3. The van der Waals surface area contributed by atoms with E-state index in [0.717, 1.165) is 17.3 Å². The molecule has 1 fully saturated rings. The van der Waals surface area contributed by atoms with E-state index in [4.69, 9.17) is 20.3 Å². The molecule has 12 heteroatoms. The maximum absolute atomic E-state index is 13.0. The molecular formula is C28H33BrN6O5. The molecule has 1 aliphatic heterocycles. The molecule has 11 nitrogen and oxygen atoms in total. The van der Waals surface area contributed by atoms with Crippen molar-refractivity contribution in [2.75, 3.05) is 24.3 Å². The molecule has 1 atom stereocenters. The lowest BCUT2D eigenvalue weighted by Crippen LogP contribution is -2.43. The number of imidazole rings is 1. The van der Waals surface area contributed by atoms with Gasteiger partial charge in [-0.3, -0.25) is 9.69 Å². The SMILES string of the molecule is CCOC(=O)c1c(-c2ccc(C(=O)Nc3cc(Br)ccn3)cc2)nc(C2CCCCN2C(=O)OC(C)(C)C)n1N. The van der Waals surface area contributed by atoms with Crippen molar-refractivity contribution in [2.24, 2.45) is 0 Å². The molecule has 4 rings (SSSR count). The average Bonchev–Trinajstić information content (AvgIpc) is 3.25. The van der Waals surface area contributed by atoms with Crippen LogP contribution >= 0.6 is 15.9 Å². The highest BCUT2D eigenvalue weighted by Crippen LogP contribution is 2.35. The molecule has 3 heterocycles. The Morgan fingerprint density at radius 3 is 2.52 bits per heavy atom. The number of rotatable bonds is 6. The summed E-state index contributed by atoms with van der Waals surface area (Å²) < 4.78 is 12.9. The van der Waals surface area contributed by atoms with Crippen molar-refractivity contribution in [3.05, 3.63) is 64.1 Å². The third kappa shape index (κ3) is 6.61. The van der Waals surface area contributed by atoms with Gasteiger partial charge in [-0.15, -0.1) is 0 Å². The van der Waals surface area contributed by atoms with E-state index in [0.29, 0.717) is 41.4 Å². The van der Waals surface area contributed by atoms with E-state index < -0.39 is 23.7 Å². The number of esters is 1. The smallest absolute Gasteiger partial charge is 0.410 e. The van der Waals surface area contributed by atoms with Crippen LogP contribution in [0.15, 0.2) is 47.1 Å². The molecule has 1 unspecified atom stereocenters. The van der Waals surface area contributed by atoms with Crippen molar-refractivity contribution in [3.8, 4) is 11.3 Å². The summed E-state index contributed by atoms with van der Waals surface area (Å²) in [5.41, 5.74) is 0.636. The van der Waals surface area contributed by atoms with Gasteiger partial charge in [0.25, 0.3) is 5.91 Å². The highest BCUT2D eigenvalue weighted by atomic mass is 79.9. The number of nitrogen functional groups attached to an aromatic ring is 1. The number of carbonyl (C=O) groups excluding carboxylic acids is 3. The number of piperidine rings is 1. The average molecular weight is 614 g/mol. The fraction of sp³-hybridized carbons (Fsp3) is 0.393. The minimum Gasteiger partial charge on any atom is -0.461 e. The number of hydrogen-bond donors (Lipinski definition) is 2.